The summed E-state index contributed by atoms with van der Waals surface area (Å²) in [6.07, 6.45) is 1.31. The van der Waals surface area contributed by atoms with Crippen LogP contribution in [0.5, 0.6) is 0 Å². The summed E-state index contributed by atoms with van der Waals surface area (Å²) in [4.78, 5) is 15.8. The molecule has 21 heavy (non-hydrogen) atoms. The minimum absolute atomic E-state index is 0.000532. The van der Waals surface area contributed by atoms with Crippen LogP contribution in [0, 0.1) is 11.6 Å². The Bertz CT molecular complexity index is 764. The normalized spacial score (nSPS) is 16.0. The van der Waals surface area contributed by atoms with Crippen LogP contribution in [0.25, 0.3) is 6.08 Å². The average Bonchev–Trinajstić information content (AvgIpc) is 2.83. The third-order valence-corrected chi connectivity index (χ3v) is 2.91. The van der Waals surface area contributed by atoms with Gasteiger partial charge in [-0.1, -0.05) is 18.2 Å². The Morgan fingerprint density at radius 1 is 1.00 bits per heavy atom. The first-order chi connectivity index (χ1) is 10.1. The second-order valence-corrected chi connectivity index (χ2v) is 4.36. The lowest BCUT2D eigenvalue weighted by molar-refractivity contribution is -0.129. The van der Waals surface area contributed by atoms with Crippen LogP contribution in [-0.2, 0) is 9.53 Å². The van der Waals surface area contributed by atoms with E-state index in [1.165, 1.54) is 42.5 Å². The zero-order valence-corrected chi connectivity index (χ0v) is 10.7. The maximum atomic E-state index is 13.5. The highest BCUT2D eigenvalue weighted by Gasteiger charge is 2.24. The van der Waals surface area contributed by atoms with Gasteiger partial charge in [0.15, 0.2) is 5.70 Å². The molecule has 0 saturated carbocycles. The summed E-state index contributed by atoms with van der Waals surface area (Å²) in [7, 11) is 0. The van der Waals surface area contributed by atoms with Gasteiger partial charge in [0.25, 0.3) is 0 Å². The third kappa shape index (κ3) is 2.72. The predicted octanol–water partition coefficient (Wildman–Crippen LogP) is 3.31. The molecule has 104 valence electrons. The smallest absolute Gasteiger partial charge is 0.363 e. The number of nitrogens with zero attached hydrogens (tertiary/aromatic N) is 1. The number of hydrogen-bond acceptors (Lipinski definition) is 3. The number of ether oxygens (including phenoxy) is 1. The van der Waals surface area contributed by atoms with Crippen LogP contribution >= 0.6 is 0 Å². The zero-order valence-electron chi connectivity index (χ0n) is 10.7. The molecule has 3 rings (SSSR count). The minimum atomic E-state index is -0.669. The summed E-state index contributed by atoms with van der Waals surface area (Å²) in [6, 6.07) is 11.4. The molecule has 1 heterocycles. The number of rotatable bonds is 2. The largest absolute Gasteiger partial charge is 0.402 e. The maximum Gasteiger partial charge on any atom is 0.363 e. The van der Waals surface area contributed by atoms with Gasteiger partial charge in [0.2, 0.25) is 5.90 Å². The SMILES string of the molecule is O=C1OC(c2ccc(F)cc2)=N/C1=C/c1ccccc1F. The molecule has 0 fully saturated rings. The van der Waals surface area contributed by atoms with E-state index in [-0.39, 0.29) is 17.2 Å². The predicted molar refractivity (Wildman–Crippen MR) is 73.4 cm³/mol. The molecule has 2 aromatic carbocycles. The third-order valence-electron chi connectivity index (χ3n) is 2.91. The topological polar surface area (TPSA) is 38.7 Å². The quantitative estimate of drug-likeness (QED) is 0.627. The second-order valence-electron chi connectivity index (χ2n) is 4.36. The van der Waals surface area contributed by atoms with Gasteiger partial charge >= 0.3 is 5.97 Å². The highest BCUT2D eigenvalue weighted by molar-refractivity contribution is 6.12. The van der Waals surface area contributed by atoms with E-state index in [1.807, 2.05) is 0 Å². The fourth-order valence-corrected chi connectivity index (χ4v) is 1.86. The zero-order chi connectivity index (χ0) is 14.8. The number of benzene rings is 2. The molecular formula is C16H9F2NO2. The van der Waals surface area contributed by atoms with Gasteiger partial charge in [-0.25, -0.2) is 18.6 Å². The first kappa shape index (κ1) is 13.2. The van der Waals surface area contributed by atoms with E-state index in [4.69, 9.17) is 4.74 Å². The number of halogens is 2. The lowest BCUT2D eigenvalue weighted by Crippen LogP contribution is -2.05. The summed E-state index contributed by atoms with van der Waals surface area (Å²) in [5.41, 5.74) is 0.717. The molecule has 0 spiro atoms. The Balaban J connectivity index is 1.96. The molecule has 5 heteroatoms. The monoisotopic (exact) mass is 285 g/mol. The van der Waals surface area contributed by atoms with Gasteiger partial charge in [0, 0.05) is 11.1 Å². The van der Waals surface area contributed by atoms with Gasteiger partial charge in [-0.05, 0) is 36.4 Å². The lowest BCUT2D eigenvalue weighted by Gasteiger charge is -1.98. The Hall–Kier alpha value is -2.82. The Kier molecular flexibility index (Phi) is 3.31. The van der Waals surface area contributed by atoms with E-state index >= 15 is 0 Å². The highest BCUT2D eigenvalue weighted by Crippen LogP contribution is 2.20. The van der Waals surface area contributed by atoms with Crippen molar-refractivity contribution in [1.29, 1.82) is 0 Å². The van der Waals surface area contributed by atoms with Crippen molar-refractivity contribution in [2.75, 3.05) is 0 Å². The molecule has 0 radical (unpaired) electrons. The van der Waals surface area contributed by atoms with E-state index in [9.17, 15) is 13.6 Å². The maximum absolute atomic E-state index is 13.5. The molecule has 0 aliphatic carbocycles. The van der Waals surface area contributed by atoms with Gasteiger partial charge in [-0.15, -0.1) is 0 Å². The Morgan fingerprint density at radius 2 is 1.71 bits per heavy atom. The minimum Gasteiger partial charge on any atom is -0.402 e. The molecule has 1 aliphatic heterocycles. The Labute approximate surface area is 119 Å². The second kappa shape index (κ2) is 5.28. The molecule has 0 aromatic heterocycles. The number of aliphatic imine (C=N–C) groups is 1. The molecule has 0 N–H and O–H groups in total. The van der Waals surface area contributed by atoms with Gasteiger partial charge in [-0.2, -0.15) is 0 Å². The van der Waals surface area contributed by atoms with Crippen LogP contribution in [0.1, 0.15) is 11.1 Å². The van der Waals surface area contributed by atoms with Gasteiger partial charge in [0.1, 0.15) is 11.6 Å². The van der Waals surface area contributed by atoms with Crippen molar-refractivity contribution in [3.05, 3.63) is 77.0 Å². The first-order valence-corrected chi connectivity index (χ1v) is 6.16. The number of esters is 1. The van der Waals surface area contributed by atoms with E-state index in [0.29, 0.717) is 5.56 Å². The van der Waals surface area contributed by atoms with Gasteiger partial charge < -0.3 is 4.74 Å². The van der Waals surface area contributed by atoms with E-state index in [1.54, 1.807) is 12.1 Å². The fraction of sp³-hybridized carbons (Fsp3) is 0. The first-order valence-electron chi connectivity index (χ1n) is 6.16. The molecule has 0 bridgehead atoms. The number of carbonyl (C=O) groups excluding carboxylic acids is 1. The molecular weight excluding hydrogens is 276 g/mol. The number of carbonyl (C=O) groups is 1. The van der Waals surface area contributed by atoms with Crippen LogP contribution in [0.3, 0.4) is 0 Å². The van der Waals surface area contributed by atoms with Crippen molar-refractivity contribution < 1.29 is 18.3 Å². The van der Waals surface area contributed by atoms with Crippen molar-refractivity contribution in [3.8, 4) is 0 Å². The van der Waals surface area contributed by atoms with Crippen molar-refractivity contribution >= 4 is 17.9 Å². The lowest BCUT2D eigenvalue weighted by atomic mass is 10.2. The van der Waals surface area contributed by atoms with E-state index in [0.717, 1.165) is 0 Å². The summed E-state index contributed by atoms with van der Waals surface area (Å²) >= 11 is 0. The van der Waals surface area contributed by atoms with Gasteiger partial charge in [0.05, 0.1) is 0 Å². The fourth-order valence-electron chi connectivity index (χ4n) is 1.86. The van der Waals surface area contributed by atoms with E-state index < -0.39 is 17.6 Å². The average molecular weight is 285 g/mol. The van der Waals surface area contributed by atoms with Crippen molar-refractivity contribution in [3.63, 3.8) is 0 Å². The van der Waals surface area contributed by atoms with Crippen LogP contribution < -0.4 is 0 Å². The van der Waals surface area contributed by atoms with Crippen molar-refractivity contribution in [2.45, 2.75) is 0 Å². The van der Waals surface area contributed by atoms with Crippen molar-refractivity contribution in [2.24, 2.45) is 4.99 Å². The molecule has 0 saturated heterocycles. The van der Waals surface area contributed by atoms with Crippen molar-refractivity contribution in [1.82, 2.24) is 0 Å². The molecule has 0 atom stereocenters. The number of cyclic esters (lactones) is 1. The molecule has 0 unspecified atom stereocenters. The molecule has 1 aliphatic rings. The molecule has 3 nitrogen and oxygen atoms in total. The highest BCUT2D eigenvalue weighted by atomic mass is 19.1. The van der Waals surface area contributed by atoms with Crippen LogP contribution in [0.4, 0.5) is 8.78 Å². The van der Waals surface area contributed by atoms with Crippen LogP contribution in [0.15, 0.2) is 59.2 Å². The van der Waals surface area contributed by atoms with Crippen LogP contribution in [-0.4, -0.2) is 11.9 Å². The summed E-state index contributed by atoms with van der Waals surface area (Å²) in [5, 5.41) is 0. The van der Waals surface area contributed by atoms with Gasteiger partial charge in [-0.3, -0.25) is 0 Å². The van der Waals surface area contributed by atoms with E-state index in [2.05, 4.69) is 4.99 Å². The standard InChI is InChI=1S/C16H9F2NO2/c17-12-7-5-10(6-8-12)15-19-14(16(20)21-15)9-11-3-1-2-4-13(11)18/h1-9H/b14-9+. The summed E-state index contributed by atoms with van der Waals surface area (Å²) in [5.74, 6) is -1.45. The molecule has 0 amide bonds. The molecule has 2 aromatic rings. The summed E-state index contributed by atoms with van der Waals surface area (Å²) < 4.78 is 31.4. The summed E-state index contributed by atoms with van der Waals surface area (Å²) in [6.45, 7) is 0. The number of hydrogen-bond donors (Lipinski definition) is 0. The Morgan fingerprint density at radius 3 is 2.43 bits per heavy atom. The van der Waals surface area contributed by atoms with Crippen LogP contribution in [0.2, 0.25) is 0 Å².